The fourth-order valence-electron chi connectivity index (χ4n) is 3.26. The Labute approximate surface area is 170 Å². The number of benzene rings is 2. The molecule has 0 saturated heterocycles. The standard InChI is InChI=1S/C20H19ClF3N3O2/c1-12(13-6-2-3-7-14(13)21)25-11-19(29)27-16-9-5-4-8-15(16)26-18(28)10-17(27)20(22,23)24/h2-9,12,17,25H,10-11H2,1H3,(H,26,28)/t12-,17-/m1/s1. The van der Waals surface area contributed by atoms with Gasteiger partial charge in [0.2, 0.25) is 11.8 Å². The number of para-hydroxylation sites is 2. The van der Waals surface area contributed by atoms with E-state index >= 15 is 0 Å². The zero-order chi connectivity index (χ0) is 21.2. The molecule has 2 atom stereocenters. The van der Waals surface area contributed by atoms with E-state index in [1.54, 1.807) is 37.3 Å². The van der Waals surface area contributed by atoms with Gasteiger partial charge in [0.05, 0.1) is 24.3 Å². The summed E-state index contributed by atoms with van der Waals surface area (Å²) >= 11 is 6.14. The van der Waals surface area contributed by atoms with E-state index in [2.05, 4.69) is 10.6 Å². The van der Waals surface area contributed by atoms with Gasteiger partial charge in [-0.15, -0.1) is 0 Å². The molecule has 0 spiro atoms. The third-order valence-electron chi connectivity index (χ3n) is 4.71. The second kappa shape index (κ2) is 8.42. The number of hydrogen-bond acceptors (Lipinski definition) is 3. The van der Waals surface area contributed by atoms with Crippen LogP contribution >= 0.6 is 11.6 Å². The number of anilines is 2. The zero-order valence-corrected chi connectivity index (χ0v) is 16.2. The lowest BCUT2D eigenvalue weighted by molar-refractivity contribution is -0.157. The summed E-state index contributed by atoms with van der Waals surface area (Å²) < 4.78 is 41.1. The number of carbonyl (C=O) groups is 2. The SMILES string of the molecule is C[C@@H](NCC(=O)N1c2ccccc2NC(=O)C[C@@H]1C(F)(F)F)c1ccccc1Cl. The summed E-state index contributed by atoms with van der Waals surface area (Å²) in [6, 6.07) is 10.3. The molecule has 0 radical (unpaired) electrons. The van der Waals surface area contributed by atoms with Crippen LogP contribution in [0, 0.1) is 0 Å². The Balaban J connectivity index is 1.87. The number of nitrogens with one attached hydrogen (secondary N) is 2. The number of amides is 2. The largest absolute Gasteiger partial charge is 0.409 e. The maximum absolute atomic E-state index is 13.7. The highest BCUT2D eigenvalue weighted by atomic mass is 35.5. The molecule has 1 aliphatic heterocycles. The van der Waals surface area contributed by atoms with Crippen LogP contribution in [0.5, 0.6) is 0 Å². The number of hydrogen-bond donors (Lipinski definition) is 2. The summed E-state index contributed by atoms with van der Waals surface area (Å²) in [4.78, 5) is 25.5. The molecule has 0 unspecified atom stereocenters. The van der Waals surface area contributed by atoms with Crippen molar-refractivity contribution in [2.45, 2.75) is 31.6 Å². The smallest absolute Gasteiger partial charge is 0.324 e. The summed E-state index contributed by atoms with van der Waals surface area (Å²) in [5, 5.41) is 5.85. The quantitative estimate of drug-likeness (QED) is 0.768. The molecular formula is C20H19ClF3N3O2. The maximum atomic E-state index is 13.7. The minimum Gasteiger partial charge on any atom is -0.324 e. The van der Waals surface area contributed by atoms with Gasteiger partial charge in [-0.25, -0.2) is 0 Å². The zero-order valence-electron chi connectivity index (χ0n) is 15.5. The molecular weight excluding hydrogens is 407 g/mol. The molecule has 0 bridgehead atoms. The van der Waals surface area contributed by atoms with Crippen LogP contribution in [0.15, 0.2) is 48.5 Å². The second-order valence-electron chi connectivity index (χ2n) is 6.71. The van der Waals surface area contributed by atoms with E-state index in [1.165, 1.54) is 18.2 Å². The van der Waals surface area contributed by atoms with Crippen molar-refractivity contribution in [3.05, 3.63) is 59.1 Å². The van der Waals surface area contributed by atoms with Gasteiger partial charge in [-0.1, -0.05) is 41.9 Å². The Bertz CT molecular complexity index is 920. The number of halogens is 4. The van der Waals surface area contributed by atoms with Crippen molar-refractivity contribution in [3.63, 3.8) is 0 Å². The van der Waals surface area contributed by atoms with Gasteiger partial charge >= 0.3 is 6.18 Å². The van der Waals surface area contributed by atoms with Crippen LogP contribution in [0.1, 0.15) is 24.9 Å². The van der Waals surface area contributed by atoms with Gasteiger partial charge in [-0.05, 0) is 30.7 Å². The highest BCUT2D eigenvalue weighted by molar-refractivity contribution is 6.31. The summed E-state index contributed by atoms with van der Waals surface area (Å²) in [5.41, 5.74) is 0.900. The summed E-state index contributed by atoms with van der Waals surface area (Å²) in [7, 11) is 0. The minimum absolute atomic E-state index is 0.0119. The average Bonchev–Trinajstić information content (AvgIpc) is 2.81. The average molecular weight is 426 g/mol. The van der Waals surface area contributed by atoms with Gasteiger partial charge in [-0.2, -0.15) is 13.2 Å². The van der Waals surface area contributed by atoms with Gasteiger partial charge in [-0.3, -0.25) is 14.5 Å². The molecule has 5 nitrogen and oxygen atoms in total. The highest BCUT2D eigenvalue weighted by Crippen LogP contribution is 2.37. The van der Waals surface area contributed by atoms with Crippen LogP contribution in [-0.4, -0.2) is 30.6 Å². The van der Waals surface area contributed by atoms with Crippen molar-refractivity contribution in [1.82, 2.24) is 5.32 Å². The first-order chi connectivity index (χ1) is 13.7. The Morgan fingerprint density at radius 1 is 1.24 bits per heavy atom. The van der Waals surface area contributed by atoms with Crippen molar-refractivity contribution in [2.24, 2.45) is 0 Å². The third kappa shape index (κ3) is 4.71. The van der Waals surface area contributed by atoms with E-state index in [-0.39, 0.29) is 24.0 Å². The predicted octanol–water partition coefficient (Wildman–Crippen LogP) is 4.30. The molecule has 2 N–H and O–H groups in total. The molecule has 9 heteroatoms. The van der Waals surface area contributed by atoms with Crippen LogP contribution in [0.4, 0.5) is 24.5 Å². The first-order valence-corrected chi connectivity index (χ1v) is 9.31. The van der Waals surface area contributed by atoms with Crippen molar-refractivity contribution in [3.8, 4) is 0 Å². The number of nitrogens with zero attached hydrogens (tertiary/aromatic N) is 1. The van der Waals surface area contributed by atoms with Crippen LogP contribution in [0.3, 0.4) is 0 Å². The van der Waals surface area contributed by atoms with Crippen molar-refractivity contribution in [2.75, 3.05) is 16.8 Å². The van der Waals surface area contributed by atoms with Crippen molar-refractivity contribution in [1.29, 1.82) is 0 Å². The topological polar surface area (TPSA) is 61.4 Å². The van der Waals surface area contributed by atoms with E-state index in [0.29, 0.717) is 9.92 Å². The Kier molecular flexibility index (Phi) is 6.14. The minimum atomic E-state index is -4.77. The molecule has 1 heterocycles. The van der Waals surface area contributed by atoms with E-state index in [9.17, 15) is 22.8 Å². The van der Waals surface area contributed by atoms with E-state index in [1.807, 2.05) is 0 Å². The lowest BCUT2D eigenvalue weighted by atomic mass is 10.1. The summed E-state index contributed by atoms with van der Waals surface area (Å²) in [5.74, 6) is -1.59. The van der Waals surface area contributed by atoms with Crippen LogP contribution in [0.25, 0.3) is 0 Å². The molecule has 0 aliphatic carbocycles. The normalized spacial score (nSPS) is 17.9. The number of fused-ring (bicyclic) bond motifs is 1. The third-order valence-corrected chi connectivity index (χ3v) is 5.05. The number of carbonyl (C=O) groups excluding carboxylic acids is 2. The molecule has 0 saturated carbocycles. The Hall–Kier alpha value is -2.58. The van der Waals surface area contributed by atoms with Gasteiger partial charge < -0.3 is 10.6 Å². The molecule has 0 fully saturated rings. The molecule has 2 aromatic rings. The van der Waals surface area contributed by atoms with E-state index in [0.717, 1.165) is 5.56 Å². The summed E-state index contributed by atoms with van der Waals surface area (Å²) in [6.45, 7) is 1.40. The lowest BCUT2D eigenvalue weighted by Crippen LogP contribution is -2.52. The first kappa shape index (κ1) is 21.1. The van der Waals surface area contributed by atoms with E-state index < -0.39 is 30.5 Å². The second-order valence-corrected chi connectivity index (χ2v) is 7.12. The van der Waals surface area contributed by atoms with Crippen LogP contribution in [-0.2, 0) is 9.59 Å². The molecule has 2 amide bonds. The molecule has 0 aromatic heterocycles. The lowest BCUT2D eigenvalue weighted by Gasteiger charge is -2.32. The fourth-order valence-corrected chi connectivity index (χ4v) is 3.56. The van der Waals surface area contributed by atoms with Crippen molar-refractivity contribution >= 4 is 34.8 Å². The van der Waals surface area contributed by atoms with Gasteiger partial charge in [0.1, 0.15) is 6.04 Å². The first-order valence-electron chi connectivity index (χ1n) is 8.94. The van der Waals surface area contributed by atoms with Crippen LogP contribution in [0.2, 0.25) is 5.02 Å². The molecule has 29 heavy (non-hydrogen) atoms. The van der Waals surface area contributed by atoms with Crippen LogP contribution < -0.4 is 15.5 Å². The summed E-state index contributed by atoms with van der Waals surface area (Å²) in [6.07, 6.45) is -5.64. The van der Waals surface area contributed by atoms with Gasteiger partial charge in [0.25, 0.3) is 0 Å². The Morgan fingerprint density at radius 3 is 2.59 bits per heavy atom. The number of alkyl halides is 3. The predicted molar refractivity (Wildman–Crippen MR) is 105 cm³/mol. The molecule has 2 aromatic carbocycles. The van der Waals surface area contributed by atoms with Gasteiger partial charge in [0.15, 0.2) is 0 Å². The maximum Gasteiger partial charge on any atom is 0.409 e. The fraction of sp³-hybridized carbons (Fsp3) is 0.300. The Morgan fingerprint density at radius 2 is 1.90 bits per heavy atom. The van der Waals surface area contributed by atoms with Gasteiger partial charge in [0, 0.05) is 11.1 Å². The molecule has 154 valence electrons. The molecule has 1 aliphatic rings. The molecule has 3 rings (SSSR count). The monoisotopic (exact) mass is 425 g/mol. The van der Waals surface area contributed by atoms with E-state index in [4.69, 9.17) is 11.6 Å². The number of rotatable bonds is 4. The highest BCUT2D eigenvalue weighted by Gasteiger charge is 2.48. The van der Waals surface area contributed by atoms with Crippen molar-refractivity contribution < 1.29 is 22.8 Å².